The predicted octanol–water partition coefficient (Wildman–Crippen LogP) is 2.43. The summed E-state index contributed by atoms with van der Waals surface area (Å²) in [5, 5.41) is 0. The van der Waals surface area contributed by atoms with Crippen LogP contribution in [0, 0.1) is 0 Å². The van der Waals surface area contributed by atoms with Crippen molar-refractivity contribution in [2.24, 2.45) is 0 Å². The fourth-order valence-electron chi connectivity index (χ4n) is 13.3. The van der Waals surface area contributed by atoms with Crippen molar-refractivity contribution in [2.75, 3.05) is 19.6 Å². The van der Waals surface area contributed by atoms with Crippen molar-refractivity contribution in [3.05, 3.63) is 170 Å². The molecule has 316 valence electrons. The molecule has 0 saturated carbocycles. The van der Waals surface area contributed by atoms with Crippen molar-refractivity contribution in [1.82, 2.24) is 0 Å². The standard InChI is InChI=1S/C58H28B2N4Se5/c1-3-11-29(12-4-1)31-27-34-48-45(28-31)67-41-19-9-17-39-50(41)63(48)52-43(65-39)25-24-38-47(52)60(34)58-55-54-57(69-58)59-33-22-21-32(30-13-5-2-6-14-30)56-49(33)64-51-40(18-10-20-42(51)68-56)66-44-26-23-37(46(59)53(44)64)61(54)35-15-7-8-16-36(35)62(38)55/h1-28H. The summed E-state index contributed by atoms with van der Waals surface area (Å²) in [4.78, 5) is 11.1. The number of fused-ring (bicyclic) bond motifs is 9. The normalized spacial score (nSPS) is 15.7. The molecule has 0 amide bonds. The molecule has 9 aromatic carbocycles. The first-order chi connectivity index (χ1) is 34.2. The molecule has 10 heterocycles. The molecular weight excluding hydrogens is 1170 g/mol. The van der Waals surface area contributed by atoms with Crippen LogP contribution < -0.4 is 85.8 Å². The predicted molar refractivity (Wildman–Crippen MR) is 296 cm³/mol. The van der Waals surface area contributed by atoms with Gasteiger partial charge in [-0.25, -0.2) is 0 Å². The van der Waals surface area contributed by atoms with E-state index in [0.29, 0.717) is 0 Å². The molecule has 0 N–H and O–H groups in total. The minimum atomic E-state index is 0.0513. The summed E-state index contributed by atoms with van der Waals surface area (Å²) >= 11 is 0.837. The second-order valence-corrected chi connectivity index (χ2v) is 30.4. The second-order valence-electron chi connectivity index (χ2n) is 19.1. The fraction of sp³-hybridized carbons (Fsp3) is 0. The number of anilines is 12. The van der Waals surface area contributed by atoms with E-state index in [2.05, 4.69) is 189 Å². The fourth-order valence-corrected chi connectivity index (χ4v) is 27.0. The van der Waals surface area contributed by atoms with Crippen LogP contribution in [-0.4, -0.2) is 87.8 Å². The summed E-state index contributed by atoms with van der Waals surface area (Å²) in [5.74, 6) is 0. The molecule has 10 aromatic rings. The Hall–Kier alpha value is -5.61. The number of para-hydroxylation sites is 4. The van der Waals surface area contributed by atoms with Gasteiger partial charge in [0.05, 0.1) is 0 Å². The Labute approximate surface area is 429 Å². The Morgan fingerprint density at radius 2 is 0.826 bits per heavy atom. The van der Waals surface area contributed by atoms with Crippen LogP contribution in [-0.2, 0) is 0 Å². The maximum atomic E-state index is 2.79. The molecule has 0 bridgehead atoms. The Kier molecular flexibility index (Phi) is 6.92. The van der Waals surface area contributed by atoms with E-state index in [0.717, 1.165) is 0 Å². The first-order valence-corrected chi connectivity index (χ1v) is 32.0. The van der Waals surface area contributed by atoms with Gasteiger partial charge in [-0.2, -0.15) is 0 Å². The summed E-state index contributed by atoms with van der Waals surface area (Å²) < 4.78 is 15.5. The summed E-state index contributed by atoms with van der Waals surface area (Å²) in [6, 6.07) is 66.6. The molecule has 0 unspecified atom stereocenters. The number of rotatable bonds is 2. The number of nitrogens with zero attached hydrogens (tertiary/aromatic N) is 4. The van der Waals surface area contributed by atoms with Crippen LogP contribution >= 0.6 is 0 Å². The Bertz CT molecular complexity index is 4160. The third-order valence-corrected chi connectivity index (χ3v) is 27.9. The third-order valence-electron chi connectivity index (χ3n) is 15.8. The zero-order valence-corrected chi connectivity index (χ0v) is 44.7. The van der Waals surface area contributed by atoms with Crippen LogP contribution in [0.4, 0.5) is 68.2 Å². The molecule has 4 nitrogen and oxygen atoms in total. The molecule has 0 saturated heterocycles. The van der Waals surface area contributed by atoms with Crippen molar-refractivity contribution in [1.29, 1.82) is 0 Å². The zero-order chi connectivity index (χ0) is 44.1. The van der Waals surface area contributed by atoms with Crippen molar-refractivity contribution in [3.63, 3.8) is 0 Å². The summed E-state index contributed by atoms with van der Waals surface area (Å²) in [6.45, 7) is 0.341. The van der Waals surface area contributed by atoms with Gasteiger partial charge in [0.2, 0.25) is 0 Å². The molecule has 9 aliphatic rings. The zero-order valence-electron chi connectivity index (χ0n) is 36.2. The molecule has 11 heteroatoms. The molecule has 69 heavy (non-hydrogen) atoms. The van der Waals surface area contributed by atoms with Crippen molar-refractivity contribution >= 4 is 222 Å². The van der Waals surface area contributed by atoms with E-state index in [4.69, 9.17) is 0 Å². The monoisotopic (exact) mass is 1200 g/mol. The molecule has 0 aliphatic carbocycles. The van der Waals surface area contributed by atoms with Crippen LogP contribution in [0.25, 0.3) is 22.3 Å². The van der Waals surface area contributed by atoms with Crippen LogP contribution in [0.15, 0.2) is 170 Å². The van der Waals surface area contributed by atoms with Gasteiger partial charge < -0.3 is 0 Å². The van der Waals surface area contributed by atoms with E-state index in [-0.39, 0.29) is 87.8 Å². The van der Waals surface area contributed by atoms with Gasteiger partial charge >= 0.3 is 434 Å². The molecule has 0 spiro atoms. The minimum absolute atomic E-state index is 0.0513. The van der Waals surface area contributed by atoms with Crippen LogP contribution in [0.3, 0.4) is 0 Å². The molecular formula is C58H28B2N4Se5. The van der Waals surface area contributed by atoms with E-state index < -0.39 is 0 Å². The summed E-state index contributed by atoms with van der Waals surface area (Å²) in [7, 11) is 0. The molecule has 0 atom stereocenters. The maximum absolute atomic E-state index is 2.79. The van der Waals surface area contributed by atoms with Crippen molar-refractivity contribution in [2.45, 2.75) is 0 Å². The van der Waals surface area contributed by atoms with Crippen LogP contribution in [0.5, 0.6) is 0 Å². The van der Waals surface area contributed by atoms with Gasteiger partial charge in [0.15, 0.2) is 0 Å². The molecule has 9 aliphatic heterocycles. The quantitative estimate of drug-likeness (QED) is 0.247. The van der Waals surface area contributed by atoms with Gasteiger partial charge in [0.1, 0.15) is 0 Å². The average Bonchev–Trinajstić information content (AvgIpc) is 3.79. The summed E-state index contributed by atoms with van der Waals surface area (Å²) in [5.41, 5.74) is 28.6. The SMILES string of the molecule is c1ccc(-c2cc3c4c(c2)B2c5[se]c6c7c5N(c5ccccc5N7c5ccc7c8c5B6c5ccc(-c6ccccc6)c6c5N8c5c(cccc5[Se]6)[Se]7)c5ccc6c(c52)N4c2c(cccc2[Se]6)[Se]3)cc1. The molecule has 0 radical (unpaired) electrons. The van der Waals surface area contributed by atoms with Crippen molar-refractivity contribution < 1.29 is 0 Å². The Balaban J connectivity index is 0.942. The van der Waals surface area contributed by atoms with E-state index >= 15 is 0 Å². The Morgan fingerprint density at radius 3 is 1.45 bits per heavy atom. The summed E-state index contributed by atoms with van der Waals surface area (Å²) in [6.07, 6.45) is 0. The van der Waals surface area contributed by atoms with Crippen molar-refractivity contribution in [3.8, 4) is 22.3 Å². The van der Waals surface area contributed by atoms with E-state index in [9.17, 15) is 0 Å². The van der Waals surface area contributed by atoms with Gasteiger partial charge in [-0.3, -0.25) is 0 Å². The van der Waals surface area contributed by atoms with E-state index in [1.54, 1.807) is 13.1 Å². The van der Waals surface area contributed by atoms with Gasteiger partial charge in [-0.1, -0.05) is 0 Å². The van der Waals surface area contributed by atoms with Crippen LogP contribution in [0.1, 0.15) is 0 Å². The van der Waals surface area contributed by atoms with Crippen LogP contribution in [0.2, 0.25) is 0 Å². The number of hydrogen-bond donors (Lipinski definition) is 0. The second kappa shape index (κ2) is 12.8. The topological polar surface area (TPSA) is 13.0 Å². The molecule has 19 rings (SSSR count). The van der Waals surface area contributed by atoms with Gasteiger partial charge in [0.25, 0.3) is 0 Å². The van der Waals surface area contributed by atoms with E-state index in [1.807, 2.05) is 0 Å². The average molecular weight is 1200 g/mol. The number of hydrogen-bond acceptors (Lipinski definition) is 4. The van der Waals surface area contributed by atoms with Gasteiger partial charge in [0, 0.05) is 0 Å². The Morgan fingerprint density at radius 1 is 0.304 bits per heavy atom. The number of benzene rings is 9. The van der Waals surface area contributed by atoms with Gasteiger partial charge in [-0.05, 0) is 0 Å². The van der Waals surface area contributed by atoms with E-state index in [1.165, 1.54) is 144 Å². The van der Waals surface area contributed by atoms with Gasteiger partial charge in [-0.15, -0.1) is 0 Å². The molecule has 1 aromatic heterocycles. The first kappa shape index (κ1) is 37.2. The third kappa shape index (κ3) is 4.36. The molecule has 0 fully saturated rings. The first-order valence-electron chi connectivity index (χ1n) is 23.5.